The number of halogens is 1. The number of ether oxygens (including phenoxy) is 1. The molecule has 1 saturated heterocycles. The fraction of sp³-hybridized carbons (Fsp3) is 0.286. The average Bonchev–Trinajstić information content (AvgIpc) is 3.25. The highest BCUT2D eigenvalue weighted by molar-refractivity contribution is 6.31. The Hall–Kier alpha value is -3.06. The number of hydrogen-bond donors (Lipinski definition) is 1. The van der Waals surface area contributed by atoms with Crippen LogP contribution in [-0.2, 0) is 4.79 Å². The van der Waals surface area contributed by atoms with Crippen molar-refractivity contribution in [1.82, 2.24) is 10.1 Å². The number of benzene rings is 2. The fourth-order valence-electron chi connectivity index (χ4n) is 3.39. The normalized spacial score (nSPS) is 14.6. The predicted octanol–water partition coefficient (Wildman–Crippen LogP) is 4.25. The molecule has 0 atom stereocenters. The zero-order valence-corrected chi connectivity index (χ0v) is 16.7. The Kier molecular flexibility index (Phi) is 5.67. The number of carbonyl (C=O) groups is 1. The number of amides is 1. The first-order chi connectivity index (χ1) is 14.1. The maximum atomic E-state index is 12.7. The highest BCUT2D eigenvalue weighted by atomic mass is 35.5. The van der Waals surface area contributed by atoms with Gasteiger partial charge in [0.2, 0.25) is 11.7 Å². The smallest absolute Gasteiger partial charge is 0.324 e. The van der Waals surface area contributed by atoms with E-state index in [2.05, 4.69) is 15.5 Å². The molecule has 4 rings (SSSR count). The van der Waals surface area contributed by atoms with Gasteiger partial charge in [0.05, 0.1) is 12.8 Å². The Morgan fingerprint density at radius 2 is 1.97 bits per heavy atom. The van der Waals surface area contributed by atoms with Gasteiger partial charge in [0, 0.05) is 29.6 Å². The molecule has 2 heterocycles. The number of methoxy groups -OCH3 is 1. The van der Waals surface area contributed by atoms with E-state index in [0.717, 1.165) is 5.56 Å². The molecule has 3 aromatic rings. The maximum absolute atomic E-state index is 12.7. The van der Waals surface area contributed by atoms with Gasteiger partial charge >= 0.3 is 6.01 Å². The minimum Gasteiger partial charge on any atom is -0.495 e. The zero-order chi connectivity index (χ0) is 20.2. The summed E-state index contributed by atoms with van der Waals surface area (Å²) in [5.41, 5.74) is 1.49. The predicted molar refractivity (Wildman–Crippen MR) is 111 cm³/mol. The summed E-state index contributed by atoms with van der Waals surface area (Å²) >= 11 is 6.04. The Bertz CT molecular complexity index is 985. The van der Waals surface area contributed by atoms with Crippen molar-refractivity contribution in [2.24, 2.45) is 5.92 Å². The average molecular weight is 413 g/mol. The van der Waals surface area contributed by atoms with Gasteiger partial charge in [-0.05, 0) is 31.0 Å². The van der Waals surface area contributed by atoms with E-state index in [-0.39, 0.29) is 11.8 Å². The van der Waals surface area contributed by atoms with E-state index in [9.17, 15) is 4.79 Å². The largest absolute Gasteiger partial charge is 0.495 e. The standard InChI is InChI=1S/C21H21ClN4O3/c1-28-18-8-7-16(22)13-17(18)23-20(27)15-9-11-26(12-10-15)21-24-19(25-29-21)14-5-3-2-4-6-14/h2-8,13,15H,9-12H2,1H3,(H,23,27). The lowest BCUT2D eigenvalue weighted by atomic mass is 9.96. The highest BCUT2D eigenvalue weighted by Crippen LogP contribution is 2.30. The molecule has 29 heavy (non-hydrogen) atoms. The summed E-state index contributed by atoms with van der Waals surface area (Å²) < 4.78 is 10.7. The quantitative estimate of drug-likeness (QED) is 0.674. The molecule has 0 radical (unpaired) electrons. The van der Waals surface area contributed by atoms with Crippen molar-refractivity contribution in [1.29, 1.82) is 0 Å². The van der Waals surface area contributed by atoms with E-state index < -0.39 is 0 Å². The topological polar surface area (TPSA) is 80.5 Å². The van der Waals surface area contributed by atoms with Crippen LogP contribution in [0.4, 0.5) is 11.7 Å². The number of nitrogens with zero attached hydrogens (tertiary/aromatic N) is 3. The van der Waals surface area contributed by atoms with Crippen LogP contribution in [0.1, 0.15) is 12.8 Å². The van der Waals surface area contributed by atoms with Crippen molar-refractivity contribution in [3.8, 4) is 17.1 Å². The Balaban J connectivity index is 1.37. The van der Waals surface area contributed by atoms with Crippen LogP contribution in [0.3, 0.4) is 0 Å². The molecule has 1 N–H and O–H groups in total. The lowest BCUT2D eigenvalue weighted by Gasteiger charge is -2.29. The molecule has 0 spiro atoms. The van der Waals surface area contributed by atoms with Crippen LogP contribution in [-0.4, -0.2) is 36.2 Å². The van der Waals surface area contributed by atoms with Gasteiger partial charge in [-0.25, -0.2) is 0 Å². The van der Waals surface area contributed by atoms with Gasteiger partial charge in [-0.3, -0.25) is 4.79 Å². The molecule has 2 aromatic carbocycles. The molecule has 7 nitrogen and oxygen atoms in total. The summed E-state index contributed by atoms with van der Waals surface area (Å²) in [6, 6.07) is 15.3. The summed E-state index contributed by atoms with van der Waals surface area (Å²) in [5, 5.41) is 7.54. The molecule has 0 aliphatic carbocycles. The first kappa shape index (κ1) is 19.3. The van der Waals surface area contributed by atoms with Crippen molar-refractivity contribution in [2.75, 3.05) is 30.4 Å². The number of rotatable bonds is 5. The van der Waals surface area contributed by atoms with E-state index in [1.807, 2.05) is 35.2 Å². The van der Waals surface area contributed by atoms with E-state index in [1.165, 1.54) is 0 Å². The minimum absolute atomic E-state index is 0.0410. The molecule has 1 amide bonds. The van der Waals surface area contributed by atoms with Crippen molar-refractivity contribution in [2.45, 2.75) is 12.8 Å². The molecule has 0 bridgehead atoms. The minimum atomic E-state index is -0.105. The third-order valence-electron chi connectivity index (χ3n) is 5.00. The van der Waals surface area contributed by atoms with Crippen LogP contribution < -0.4 is 15.0 Å². The van der Waals surface area contributed by atoms with Gasteiger partial charge in [0.1, 0.15) is 5.75 Å². The number of nitrogens with one attached hydrogen (secondary N) is 1. The summed E-state index contributed by atoms with van der Waals surface area (Å²) in [7, 11) is 1.56. The SMILES string of the molecule is COc1ccc(Cl)cc1NC(=O)C1CCN(c2nc(-c3ccccc3)no2)CC1. The van der Waals surface area contributed by atoms with Gasteiger partial charge in [-0.15, -0.1) is 0 Å². The molecule has 8 heteroatoms. The van der Waals surface area contributed by atoms with Crippen molar-refractivity contribution >= 4 is 29.2 Å². The first-order valence-corrected chi connectivity index (χ1v) is 9.80. The third kappa shape index (κ3) is 4.35. The second-order valence-electron chi connectivity index (χ2n) is 6.86. The lowest BCUT2D eigenvalue weighted by Crippen LogP contribution is -2.38. The van der Waals surface area contributed by atoms with Crippen LogP contribution in [0.25, 0.3) is 11.4 Å². The van der Waals surface area contributed by atoms with Crippen LogP contribution in [0, 0.1) is 5.92 Å². The monoisotopic (exact) mass is 412 g/mol. The van der Waals surface area contributed by atoms with Gasteiger partial charge in [-0.1, -0.05) is 47.1 Å². The molecular weight excluding hydrogens is 392 g/mol. The van der Waals surface area contributed by atoms with Crippen LogP contribution in [0.5, 0.6) is 5.75 Å². The number of piperidine rings is 1. The molecule has 1 fully saturated rings. The summed E-state index contributed by atoms with van der Waals surface area (Å²) in [6.07, 6.45) is 1.38. The fourth-order valence-corrected chi connectivity index (χ4v) is 3.57. The van der Waals surface area contributed by atoms with Crippen LogP contribution in [0.2, 0.25) is 5.02 Å². The third-order valence-corrected chi connectivity index (χ3v) is 5.24. The Labute approximate surface area is 173 Å². The lowest BCUT2D eigenvalue weighted by molar-refractivity contribution is -0.120. The number of aromatic nitrogens is 2. The van der Waals surface area contributed by atoms with E-state index >= 15 is 0 Å². The van der Waals surface area contributed by atoms with E-state index in [0.29, 0.717) is 54.2 Å². The van der Waals surface area contributed by atoms with E-state index in [4.69, 9.17) is 20.9 Å². The molecule has 1 aliphatic rings. The summed E-state index contributed by atoms with van der Waals surface area (Å²) in [6.45, 7) is 1.34. The molecule has 1 aromatic heterocycles. The zero-order valence-electron chi connectivity index (χ0n) is 16.0. The van der Waals surface area contributed by atoms with Crippen molar-refractivity contribution < 1.29 is 14.1 Å². The highest BCUT2D eigenvalue weighted by Gasteiger charge is 2.28. The van der Waals surface area contributed by atoms with Crippen LogP contribution in [0.15, 0.2) is 53.1 Å². The summed E-state index contributed by atoms with van der Waals surface area (Å²) in [5.74, 6) is 1.00. The van der Waals surface area contributed by atoms with Gasteiger partial charge in [0.15, 0.2) is 0 Å². The van der Waals surface area contributed by atoms with Crippen LogP contribution >= 0.6 is 11.6 Å². The Morgan fingerprint density at radius 1 is 1.21 bits per heavy atom. The molecule has 150 valence electrons. The van der Waals surface area contributed by atoms with Gasteiger partial charge in [0.25, 0.3) is 0 Å². The maximum Gasteiger partial charge on any atom is 0.324 e. The number of carbonyl (C=O) groups excluding carboxylic acids is 1. The number of anilines is 2. The number of hydrogen-bond acceptors (Lipinski definition) is 6. The van der Waals surface area contributed by atoms with Crippen molar-refractivity contribution in [3.05, 3.63) is 53.6 Å². The first-order valence-electron chi connectivity index (χ1n) is 9.42. The second kappa shape index (κ2) is 8.53. The second-order valence-corrected chi connectivity index (χ2v) is 7.30. The van der Waals surface area contributed by atoms with Gasteiger partial charge < -0.3 is 19.5 Å². The summed E-state index contributed by atoms with van der Waals surface area (Å²) in [4.78, 5) is 19.2. The van der Waals surface area contributed by atoms with E-state index in [1.54, 1.807) is 25.3 Å². The molecular formula is C21H21ClN4O3. The molecule has 0 unspecified atom stereocenters. The van der Waals surface area contributed by atoms with Crippen molar-refractivity contribution in [3.63, 3.8) is 0 Å². The molecule has 1 aliphatic heterocycles. The van der Waals surface area contributed by atoms with Gasteiger partial charge in [-0.2, -0.15) is 4.98 Å². The Morgan fingerprint density at radius 3 is 2.69 bits per heavy atom. The molecule has 0 saturated carbocycles.